The van der Waals surface area contributed by atoms with Crippen molar-refractivity contribution < 1.29 is 13.2 Å². The first kappa shape index (κ1) is 21.6. The molecular formula is C24H26N2O3S. The lowest BCUT2D eigenvalue weighted by Crippen LogP contribution is -2.28. The number of benzene rings is 3. The number of aryl methyl sites for hydroxylation is 2. The first-order valence-corrected chi connectivity index (χ1v) is 11.3. The Labute approximate surface area is 178 Å². The Morgan fingerprint density at radius 1 is 0.933 bits per heavy atom. The molecule has 3 aromatic carbocycles. The van der Waals surface area contributed by atoms with Crippen molar-refractivity contribution in [2.24, 2.45) is 0 Å². The predicted molar refractivity (Wildman–Crippen MR) is 120 cm³/mol. The van der Waals surface area contributed by atoms with Crippen molar-refractivity contribution in [3.8, 4) is 0 Å². The number of amides is 1. The van der Waals surface area contributed by atoms with E-state index < -0.39 is 10.0 Å². The Balaban J connectivity index is 1.75. The van der Waals surface area contributed by atoms with Gasteiger partial charge in [0, 0.05) is 17.8 Å². The lowest BCUT2D eigenvalue weighted by molar-refractivity contribution is 0.0951. The van der Waals surface area contributed by atoms with Gasteiger partial charge in [-0.1, -0.05) is 61.0 Å². The maximum absolute atomic E-state index is 12.9. The van der Waals surface area contributed by atoms with E-state index >= 15 is 0 Å². The van der Waals surface area contributed by atoms with Crippen molar-refractivity contribution in [3.05, 3.63) is 95.1 Å². The van der Waals surface area contributed by atoms with Crippen molar-refractivity contribution in [2.75, 3.05) is 11.3 Å². The van der Waals surface area contributed by atoms with Gasteiger partial charge in [-0.2, -0.15) is 0 Å². The highest BCUT2D eigenvalue weighted by Crippen LogP contribution is 2.21. The van der Waals surface area contributed by atoms with Gasteiger partial charge in [-0.3, -0.25) is 9.52 Å². The number of rotatable bonds is 7. The summed E-state index contributed by atoms with van der Waals surface area (Å²) in [4.78, 5) is 12.7. The lowest BCUT2D eigenvalue weighted by Gasteiger charge is -2.15. The smallest absolute Gasteiger partial charge is 0.262 e. The quantitative estimate of drug-likeness (QED) is 0.583. The zero-order valence-electron chi connectivity index (χ0n) is 17.3. The molecule has 6 heteroatoms. The molecule has 3 aromatic rings. The van der Waals surface area contributed by atoms with Crippen LogP contribution in [0.4, 0.5) is 5.69 Å². The summed E-state index contributed by atoms with van der Waals surface area (Å²) in [7, 11) is -3.82. The van der Waals surface area contributed by atoms with Crippen molar-refractivity contribution in [1.82, 2.24) is 5.32 Å². The molecule has 0 spiro atoms. The maximum Gasteiger partial charge on any atom is 0.262 e. The van der Waals surface area contributed by atoms with E-state index in [1.165, 1.54) is 6.07 Å². The van der Waals surface area contributed by atoms with Crippen LogP contribution in [0.2, 0.25) is 0 Å². The van der Waals surface area contributed by atoms with Crippen molar-refractivity contribution in [2.45, 2.75) is 31.6 Å². The lowest BCUT2D eigenvalue weighted by atomic mass is 10.0. The first-order valence-electron chi connectivity index (χ1n) is 9.79. The van der Waals surface area contributed by atoms with Gasteiger partial charge in [-0.25, -0.2) is 8.42 Å². The molecule has 3 rings (SSSR count). The molecule has 0 aromatic heterocycles. The zero-order chi connectivity index (χ0) is 21.7. The number of carbonyl (C=O) groups is 1. The fourth-order valence-electron chi connectivity index (χ4n) is 3.11. The third-order valence-electron chi connectivity index (χ3n) is 4.98. The number of carbonyl (C=O) groups excluding carboxylic acids is 1. The third kappa shape index (κ3) is 5.27. The number of hydrogen-bond donors (Lipinski definition) is 2. The molecule has 0 aliphatic carbocycles. The molecule has 156 valence electrons. The monoisotopic (exact) mass is 422 g/mol. The van der Waals surface area contributed by atoms with Crippen LogP contribution in [0, 0.1) is 13.8 Å². The molecule has 2 N–H and O–H groups in total. The molecule has 0 aliphatic rings. The van der Waals surface area contributed by atoms with Gasteiger partial charge in [-0.15, -0.1) is 0 Å². The van der Waals surface area contributed by atoms with Crippen LogP contribution in [0.5, 0.6) is 0 Å². The van der Waals surface area contributed by atoms with Gasteiger partial charge in [0.15, 0.2) is 0 Å². The van der Waals surface area contributed by atoms with Crippen molar-refractivity contribution in [3.63, 3.8) is 0 Å². The summed E-state index contributed by atoms with van der Waals surface area (Å²) in [6.45, 7) is 6.14. The van der Waals surface area contributed by atoms with E-state index in [4.69, 9.17) is 0 Å². The first-order chi connectivity index (χ1) is 14.3. The highest BCUT2D eigenvalue weighted by molar-refractivity contribution is 7.92. The maximum atomic E-state index is 12.9. The Hall–Kier alpha value is -3.12. The molecule has 1 amide bonds. The van der Waals surface area contributed by atoms with Gasteiger partial charge in [-0.05, 0) is 55.2 Å². The Kier molecular flexibility index (Phi) is 6.57. The van der Waals surface area contributed by atoms with Crippen LogP contribution < -0.4 is 10.0 Å². The number of sulfonamides is 1. The third-order valence-corrected chi connectivity index (χ3v) is 6.50. The van der Waals surface area contributed by atoms with Crippen LogP contribution in [0.25, 0.3) is 0 Å². The minimum Gasteiger partial charge on any atom is -0.351 e. The average molecular weight is 423 g/mol. The molecule has 0 fully saturated rings. The second kappa shape index (κ2) is 9.13. The topological polar surface area (TPSA) is 75.3 Å². The minimum absolute atomic E-state index is 0.0897. The summed E-state index contributed by atoms with van der Waals surface area (Å²) >= 11 is 0. The SMILES string of the molecule is Cc1ccc(NS(=O)(=O)c2cc(C(=O)NCC(C)c3ccccc3)ccc2C)cc1. The van der Waals surface area contributed by atoms with E-state index in [0.29, 0.717) is 23.4 Å². The second-order valence-corrected chi connectivity index (χ2v) is 9.12. The molecule has 0 bridgehead atoms. The van der Waals surface area contributed by atoms with Gasteiger partial charge in [0.05, 0.1) is 4.90 Å². The summed E-state index contributed by atoms with van der Waals surface area (Å²) in [5.74, 6) is -0.156. The molecule has 0 aliphatic heterocycles. The van der Waals surface area contributed by atoms with E-state index in [0.717, 1.165) is 11.1 Å². The number of anilines is 1. The highest BCUT2D eigenvalue weighted by Gasteiger charge is 2.19. The standard InChI is InChI=1S/C24H26N2O3S/c1-17-9-13-22(14-10-17)26-30(28,29)23-15-21(12-11-18(23)2)24(27)25-16-19(3)20-7-5-4-6-8-20/h4-15,19,26H,16H2,1-3H3,(H,25,27). The van der Waals surface area contributed by atoms with Gasteiger partial charge >= 0.3 is 0 Å². The van der Waals surface area contributed by atoms with Crippen LogP contribution >= 0.6 is 0 Å². The van der Waals surface area contributed by atoms with E-state index in [1.807, 2.05) is 56.3 Å². The van der Waals surface area contributed by atoms with Crippen LogP contribution in [-0.2, 0) is 10.0 Å². The van der Waals surface area contributed by atoms with Crippen LogP contribution in [-0.4, -0.2) is 20.9 Å². The van der Waals surface area contributed by atoms with Gasteiger partial charge < -0.3 is 5.32 Å². The summed E-state index contributed by atoms with van der Waals surface area (Å²) < 4.78 is 28.4. The molecule has 0 heterocycles. The molecule has 30 heavy (non-hydrogen) atoms. The van der Waals surface area contributed by atoms with Crippen LogP contribution in [0.1, 0.15) is 39.9 Å². The van der Waals surface area contributed by atoms with E-state index in [9.17, 15) is 13.2 Å². The summed E-state index contributed by atoms with van der Waals surface area (Å²) in [6, 6.07) is 21.7. The van der Waals surface area contributed by atoms with Gasteiger partial charge in [0.2, 0.25) is 0 Å². The summed E-state index contributed by atoms with van der Waals surface area (Å²) in [5.41, 5.74) is 3.53. The van der Waals surface area contributed by atoms with Crippen molar-refractivity contribution >= 4 is 21.6 Å². The number of nitrogens with one attached hydrogen (secondary N) is 2. The Morgan fingerprint density at radius 2 is 1.60 bits per heavy atom. The summed E-state index contributed by atoms with van der Waals surface area (Å²) in [5, 5.41) is 2.90. The van der Waals surface area contributed by atoms with Gasteiger partial charge in [0.25, 0.3) is 15.9 Å². The fourth-order valence-corrected chi connectivity index (χ4v) is 4.44. The number of hydrogen-bond acceptors (Lipinski definition) is 3. The normalized spacial score (nSPS) is 12.2. The Morgan fingerprint density at radius 3 is 2.27 bits per heavy atom. The molecule has 0 saturated carbocycles. The van der Waals surface area contributed by atoms with Crippen LogP contribution in [0.15, 0.2) is 77.7 Å². The van der Waals surface area contributed by atoms with E-state index in [-0.39, 0.29) is 16.7 Å². The van der Waals surface area contributed by atoms with Gasteiger partial charge in [0.1, 0.15) is 0 Å². The van der Waals surface area contributed by atoms with E-state index in [2.05, 4.69) is 10.0 Å². The minimum atomic E-state index is -3.82. The fraction of sp³-hybridized carbons (Fsp3) is 0.208. The van der Waals surface area contributed by atoms with Crippen LogP contribution in [0.3, 0.4) is 0 Å². The van der Waals surface area contributed by atoms with Crippen molar-refractivity contribution in [1.29, 1.82) is 0 Å². The molecular weight excluding hydrogens is 396 g/mol. The van der Waals surface area contributed by atoms with E-state index in [1.54, 1.807) is 31.2 Å². The average Bonchev–Trinajstić information content (AvgIpc) is 2.74. The molecule has 0 radical (unpaired) electrons. The summed E-state index contributed by atoms with van der Waals surface area (Å²) in [6.07, 6.45) is 0. The highest BCUT2D eigenvalue weighted by atomic mass is 32.2. The molecule has 1 unspecified atom stereocenters. The zero-order valence-corrected chi connectivity index (χ0v) is 18.2. The second-order valence-electron chi connectivity index (χ2n) is 7.47. The largest absolute Gasteiger partial charge is 0.351 e. The molecule has 5 nitrogen and oxygen atoms in total. The predicted octanol–water partition coefficient (Wildman–Crippen LogP) is 4.64. The molecule has 0 saturated heterocycles. The Bertz CT molecular complexity index is 1120. The molecule has 1 atom stereocenters.